The Hall–Kier alpha value is -2.75. The van der Waals surface area contributed by atoms with Crippen molar-refractivity contribution in [3.05, 3.63) is 65.4 Å². The largest absolute Gasteiger partial charge is 0.494 e. The lowest BCUT2D eigenvalue weighted by Gasteiger charge is -2.25. The minimum atomic E-state index is 0.114. The number of benzene rings is 2. The Balaban J connectivity index is 1.63. The first-order chi connectivity index (χ1) is 13.1. The summed E-state index contributed by atoms with van der Waals surface area (Å²) in [4.78, 5) is 15.4. The Morgan fingerprint density at radius 1 is 1.15 bits per heavy atom. The van der Waals surface area contributed by atoms with Gasteiger partial charge in [-0.1, -0.05) is 23.8 Å². The predicted octanol–water partition coefficient (Wildman–Crippen LogP) is 4.86. The summed E-state index contributed by atoms with van der Waals surface area (Å²) in [6.45, 7) is 5.53. The van der Waals surface area contributed by atoms with Gasteiger partial charge in [-0.15, -0.1) is 0 Å². The van der Waals surface area contributed by atoms with E-state index >= 15 is 0 Å². The van der Waals surface area contributed by atoms with Crippen LogP contribution in [0.2, 0.25) is 0 Å². The highest BCUT2D eigenvalue weighted by molar-refractivity contribution is 5.99. The molecular weight excluding hydrogens is 336 g/mol. The fourth-order valence-corrected chi connectivity index (χ4v) is 4.13. The topological polar surface area (TPSA) is 34.5 Å². The van der Waals surface area contributed by atoms with Crippen LogP contribution in [0.5, 0.6) is 5.75 Å². The summed E-state index contributed by atoms with van der Waals surface area (Å²) in [5.74, 6) is 0.990. The highest BCUT2D eigenvalue weighted by atomic mass is 16.5. The van der Waals surface area contributed by atoms with E-state index in [9.17, 15) is 4.79 Å². The summed E-state index contributed by atoms with van der Waals surface area (Å²) >= 11 is 0. The van der Waals surface area contributed by atoms with Gasteiger partial charge in [0.25, 0.3) is 5.91 Å². The van der Waals surface area contributed by atoms with E-state index in [2.05, 4.69) is 37.3 Å². The van der Waals surface area contributed by atoms with Crippen molar-refractivity contribution >= 4 is 16.8 Å². The molecule has 1 amide bonds. The minimum absolute atomic E-state index is 0.114. The van der Waals surface area contributed by atoms with Crippen LogP contribution in [0.25, 0.3) is 10.9 Å². The smallest absolute Gasteiger partial charge is 0.271 e. The first kappa shape index (κ1) is 17.7. The molecule has 0 radical (unpaired) electrons. The molecule has 2 aromatic carbocycles. The summed E-state index contributed by atoms with van der Waals surface area (Å²) in [5, 5.41) is 1.12. The Morgan fingerprint density at radius 3 is 2.67 bits per heavy atom. The average Bonchev–Trinajstić information content (AvgIpc) is 3.27. The van der Waals surface area contributed by atoms with E-state index in [-0.39, 0.29) is 11.9 Å². The number of nitrogens with zero attached hydrogens (tertiary/aromatic N) is 2. The molecule has 2 heterocycles. The molecule has 1 saturated heterocycles. The summed E-state index contributed by atoms with van der Waals surface area (Å²) in [6, 6.07) is 16.7. The summed E-state index contributed by atoms with van der Waals surface area (Å²) in [7, 11) is 1.98. The van der Waals surface area contributed by atoms with E-state index in [0.717, 1.165) is 41.7 Å². The SMILES string of the molecule is CCOc1ccc([C@@H]2CCCN2C(=O)c2cc3cc(C)ccc3n2C)cc1. The molecule has 0 spiro atoms. The average molecular weight is 362 g/mol. The fraction of sp³-hybridized carbons (Fsp3) is 0.348. The number of carbonyl (C=O) groups excluding carboxylic acids is 1. The van der Waals surface area contributed by atoms with Gasteiger partial charge in [0.2, 0.25) is 0 Å². The Labute approximate surface area is 160 Å². The second kappa shape index (κ2) is 7.10. The van der Waals surface area contributed by atoms with Gasteiger partial charge in [-0.25, -0.2) is 0 Å². The van der Waals surface area contributed by atoms with Crippen LogP contribution in [0, 0.1) is 6.92 Å². The van der Waals surface area contributed by atoms with Crippen LogP contribution in [0.4, 0.5) is 0 Å². The van der Waals surface area contributed by atoms with Crippen LogP contribution in [0.1, 0.15) is 47.4 Å². The molecule has 4 heteroatoms. The second-order valence-corrected chi connectivity index (χ2v) is 7.31. The van der Waals surface area contributed by atoms with Crippen LogP contribution in [0.3, 0.4) is 0 Å². The Bertz CT molecular complexity index is 972. The summed E-state index contributed by atoms with van der Waals surface area (Å²) in [5.41, 5.74) is 4.24. The molecule has 1 atom stereocenters. The molecule has 0 aliphatic carbocycles. The van der Waals surface area contributed by atoms with Crippen LogP contribution < -0.4 is 4.74 Å². The molecule has 0 bridgehead atoms. The lowest BCUT2D eigenvalue weighted by molar-refractivity contribution is 0.0726. The third-order valence-corrected chi connectivity index (χ3v) is 5.51. The molecule has 1 aliphatic rings. The van der Waals surface area contributed by atoms with Gasteiger partial charge in [-0.2, -0.15) is 0 Å². The van der Waals surface area contributed by atoms with Crippen molar-refractivity contribution in [1.29, 1.82) is 0 Å². The number of aryl methyl sites for hydroxylation is 2. The summed E-state index contributed by atoms with van der Waals surface area (Å²) < 4.78 is 7.56. The van der Waals surface area contributed by atoms with Crippen molar-refractivity contribution in [2.45, 2.75) is 32.7 Å². The van der Waals surface area contributed by atoms with Gasteiger partial charge in [0.1, 0.15) is 11.4 Å². The molecular formula is C23H26N2O2. The zero-order chi connectivity index (χ0) is 19.0. The number of fused-ring (bicyclic) bond motifs is 1. The lowest BCUT2D eigenvalue weighted by atomic mass is 10.0. The highest BCUT2D eigenvalue weighted by Gasteiger charge is 2.32. The fourth-order valence-electron chi connectivity index (χ4n) is 4.13. The molecule has 27 heavy (non-hydrogen) atoms. The zero-order valence-electron chi connectivity index (χ0n) is 16.2. The molecule has 1 fully saturated rings. The van der Waals surface area contributed by atoms with E-state index in [1.54, 1.807) is 0 Å². The van der Waals surface area contributed by atoms with Crippen molar-refractivity contribution in [3.8, 4) is 5.75 Å². The third kappa shape index (κ3) is 3.20. The molecule has 1 aromatic heterocycles. The molecule has 0 N–H and O–H groups in total. The van der Waals surface area contributed by atoms with Crippen LogP contribution in [-0.4, -0.2) is 28.5 Å². The van der Waals surface area contributed by atoms with E-state index in [1.807, 2.05) is 41.6 Å². The van der Waals surface area contributed by atoms with Crippen LogP contribution in [-0.2, 0) is 7.05 Å². The maximum absolute atomic E-state index is 13.4. The van der Waals surface area contributed by atoms with Crippen LogP contribution >= 0.6 is 0 Å². The third-order valence-electron chi connectivity index (χ3n) is 5.51. The van der Waals surface area contributed by atoms with E-state index in [0.29, 0.717) is 6.61 Å². The molecule has 4 rings (SSSR count). The number of ether oxygens (including phenoxy) is 1. The van der Waals surface area contributed by atoms with Gasteiger partial charge in [-0.3, -0.25) is 4.79 Å². The number of amides is 1. The van der Waals surface area contributed by atoms with Gasteiger partial charge in [0.05, 0.1) is 12.6 Å². The van der Waals surface area contributed by atoms with Gasteiger partial charge in [0, 0.05) is 24.5 Å². The normalized spacial score (nSPS) is 16.9. The van der Waals surface area contributed by atoms with Gasteiger partial charge in [-0.05, 0) is 62.6 Å². The number of hydrogen-bond donors (Lipinski definition) is 0. The maximum Gasteiger partial charge on any atom is 0.271 e. The molecule has 3 aromatic rings. The van der Waals surface area contributed by atoms with Crippen molar-refractivity contribution in [2.75, 3.05) is 13.2 Å². The molecule has 0 saturated carbocycles. The number of hydrogen-bond acceptors (Lipinski definition) is 2. The molecule has 1 aliphatic heterocycles. The van der Waals surface area contributed by atoms with Gasteiger partial charge >= 0.3 is 0 Å². The Kier molecular flexibility index (Phi) is 4.65. The van der Waals surface area contributed by atoms with E-state index in [1.165, 1.54) is 11.1 Å². The zero-order valence-corrected chi connectivity index (χ0v) is 16.2. The van der Waals surface area contributed by atoms with Gasteiger partial charge in [0.15, 0.2) is 0 Å². The van der Waals surface area contributed by atoms with Crippen LogP contribution in [0.15, 0.2) is 48.5 Å². The summed E-state index contributed by atoms with van der Waals surface area (Å²) in [6.07, 6.45) is 2.04. The predicted molar refractivity (Wildman–Crippen MR) is 108 cm³/mol. The number of likely N-dealkylation sites (tertiary alicyclic amines) is 1. The van der Waals surface area contributed by atoms with E-state index < -0.39 is 0 Å². The molecule has 0 unspecified atom stereocenters. The lowest BCUT2D eigenvalue weighted by Crippen LogP contribution is -2.31. The van der Waals surface area contributed by atoms with Crippen molar-refractivity contribution < 1.29 is 9.53 Å². The number of aromatic nitrogens is 1. The van der Waals surface area contributed by atoms with Crippen molar-refractivity contribution in [1.82, 2.24) is 9.47 Å². The molecule has 140 valence electrons. The monoisotopic (exact) mass is 362 g/mol. The van der Waals surface area contributed by atoms with Crippen molar-refractivity contribution in [3.63, 3.8) is 0 Å². The quantitative estimate of drug-likeness (QED) is 0.664. The van der Waals surface area contributed by atoms with E-state index in [4.69, 9.17) is 4.74 Å². The second-order valence-electron chi connectivity index (χ2n) is 7.31. The van der Waals surface area contributed by atoms with Crippen molar-refractivity contribution in [2.24, 2.45) is 7.05 Å². The number of carbonyl (C=O) groups is 1. The molecule has 4 nitrogen and oxygen atoms in total. The maximum atomic E-state index is 13.4. The minimum Gasteiger partial charge on any atom is -0.494 e. The van der Waals surface area contributed by atoms with Gasteiger partial charge < -0.3 is 14.2 Å². The highest BCUT2D eigenvalue weighted by Crippen LogP contribution is 2.34. The standard InChI is InChI=1S/C23H26N2O2/c1-4-27-19-10-8-17(9-11-19)21-6-5-13-25(21)23(26)22-15-18-14-16(2)7-12-20(18)24(22)3/h7-12,14-15,21H,4-6,13H2,1-3H3/t21-/m0/s1. The first-order valence-corrected chi connectivity index (χ1v) is 9.68. The number of rotatable bonds is 4. The first-order valence-electron chi connectivity index (χ1n) is 9.68. The Morgan fingerprint density at radius 2 is 1.93 bits per heavy atom.